The smallest absolute Gasteiger partial charge is 0.270 e. The van der Waals surface area contributed by atoms with Crippen molar-refractivity contribution in [3.8, 4) is 0 Å². The van der Waals surface area contributed by atoms with Crippen molar-refractivity contribution in [1.82, 2.24) is 10.0 Å². The maximum absolute atomic E-state index is 12.5. The second-order valence-corrected chi connectivity index (χ2v) is 7.83. The number of hydrogen-bond acceptors (Lipinski definition) is 5. The predicted octanol–water partition coefficient (Wildman–Crippen LogP) is 1.99. The third-order valence-electron chi connectivity index (χ3n) is 4.17. The highest BCUT2D eigenvalue weighted by Gasteiger charge is 2.29. The molecule has 0 aliphatic carbocycles. The fourth-order valence-corrected chi connectivity index (χ4v) is 4.01. The highest BCUT2D eigenvalue weighted by Crippen LogP contribution is 2.28. The predicted molar refractivity (Wildman–Crippen MR) is 90.5 cm³/mol. The van der Waals surface area contributed by atoms with Gasteiger partial charge in [-0.1, -0.05) is 13.0 Å². The average molecular weight is 364 g/mol. The molecule has 1 fully saturated rings. The first-order valence-electron chi connectivity index (χ1n) is 7.19. The average Bonchev–Trinajstić information content (AvgIpc) is 2.46. The van der Waals surface area contributed by atoms with E-state index in [1.165, 1.54) is 12.1 Å². The van der Waals surface area contributed by atoms with Crippen molar-refractivity contribution in [2.75, 3.05) is 19.6 Å². The molecule has 0 bridgehead atoms. The Hall–Kier alpha value is -1.22. The second-order valence-electron chi connectivity index (χ2n) is 6.09. The number of halogens is 1. The molecule has 0 atom stereocenters. The molecule has 0 aromatic heterocycles. The molecule has 1 heterocycles. The first-order valence-corrected chi connectivity index (χ1v) is 8.67. The number of nitro benzene ring substituents is 1. The van der Waals surface area contributed by atoms with Crippen molar-refractivity contribution in [2.45, 2.75) is 31.6 Å². The molecule has 23 heavy (non-hydrogen) atoms. The van der Waals surface area contributed by atoms with E-state index in [4.69, 9.17) is 0 Å². The molecule has 1 saturated heterocycles. The molecule has 1 aromatic rings. The Morgan fingerprint density at radius 1 is 1.35 bits per heavy atom. The van der Waals surface area contributed by atoms with E-state index < -0.39 is 14.9 Å². The number of hydrogen-bond donors (Lipinski definition) is 2. The van der Waals surface area contributed by atoms with Crippen LogP contribution in [0.1, 0.15) is 25.3 Å². The molecule has 2 N–H and O–H groups in total. The summed E-state index contributed by atoms with van der Waals surface area (Å²) < 4.78 is 27.5. The van der Waals surface area contributed by atoms with Gasteiger partial charge in [0.25, 0.3) is 5.69 Å². The molecule has 0 radical (unpaired) electrons. The summed E-state index contributed by atoms with van der Waals surface area (Å²) in [6.07, 6.45) is 1.78. The SMILES string of the molecule is Cc1ccc([N+](=O)[O-])cc1S(=O)(=O)NCC1(C)CCNCC1.Cl. The summed E-state index contributed by atoms with van der Waals surface area (Å²) in [5.41, 5.74) is 0.181. The largest absolute Gasteiger partial charge is 0.317 e. The maximum Gasteiger partial charge on any atom is 0.270 e. The first-order chi connectivity index (χ1) is 10.2. The van der Waals surface area contributed by atoms with Crippen molar-refractivity contribution >= 4 is 28.1 Å². The summed E-state index contributed by atoms with van der Waals surface area (Å²) in [5, 5.41) is 14.1. The molecule has 1 aromatic carbocycles. The molecule has 0 unspecified atom stereocenters. The van der Waals surface area contributed by atoms with E-state index in [1.807, 2.05) is 0 Å². The van der Waals surface area contributed by atoms with Crippen molar-refractivity contribution in [3.63, 3.8) is 0 Å². The van der Waals surface area contributed by atoms with Gasteiger partial charge in [-0.2, -0.15) is 0 Å². The summed E-state index contributed by atoms with van der Waals surface area (Å²) in [4.78, 5) is 10.2. The summed E-state index contributed by atoms with van der Waals surface area (Å²) in [6, 6.07) is 3.88. The number of benzene rings is 1. The van der Waals surface area contributed by atoms with Crippen LogP contribution in [0.3, 0.4) is 0 Å². The minimum absolute atomic E-state index is 0. The van der Waals surface area contributed by atoms with Crippen molar-refractivity contribution in [3.05, 3.63) is 33.9 Å². The lowest BCUT2D eigenvalue weighted by atomic mass is 9.81. The molecule has 1 aliphatic heterocycles. The van der Waals surface area contributed by atoms with Crippen LogP contribution in [0.25, 0.3) is 0 Å². The summed E-state index contributed by atoms with van der Waals surface area (Å²) in [5.74, 6) is 0. The maximum atomic E-state index is 12.5. The monoisotopic (exact) mass is 363 g/mol. The highest BCUT2D eigenvalue weighted by molar-refractivity contribution is 7.89. The topological polar surface area (TPSA) is 101 Å². The van der Waals surface area contributed by atoms with Crippen LogP contribution < -0.4 is 10.0 Å². The van der Waals surface area contributed by atoms with Gasteiger partial charge in [0.1, 0.15) is 0 Å². The van der Waals surface area contributed by atoms with Crippen LogP contribution in [-0.2, 0) is 10.0 Å². The van der Waals surface area contributed by atoms with Crippen molar-refractivity contribution in [1.29, 1.82) is 0 Å². The van der Waals surface area contributed by atoms with Crippen LogP contribution in [0.4, 0.5) is 5.69 Å². The van der Waals surface area contributed by atoms with Gasteiger partial charge in [0.15, 0.2) is 0 Å². The standard InChI is InChI=1S/C14H21N3O4S.ClH/c1-11-3-4-12(17(18)19)9-13(11)22(20,21)16-10-14(2)5-7-15-8-6-14;/h3-4,9,15-16H,5-8,10H2,1-2H3;1H. The summed E-state index contributed by atoms with van der Waals surface area (Å²) >= 11 is 0. The Morgan fingerprint density at radius 2 is 1.96 bits per heavy atom. The Balaban J connectivity index is 0.00000264. The van der Waals surface area contributed by atoms with Gasteiger partial charge in [0, 0.05) is 18.7 Å². The Kier molecular flexibility index (Phi) is 6.52. The van der Waals surface area contributed by atoms with Crippen LogP contribution >= 0.6 is 12.4 Å². The van der Waals surface area contributed by atoms with Crippen LogP contribution in [0.15, 0.2) is 23.1 Å². The lowest BCUT2D eigenvalue weighted by molar-refractivity contribution is -0.385. The lowest BCUT2D eigenvalue weighted by Crippen LogP contribution is -2.42. The van der Waals surface area contributed by atoms with E-state index in [9.17, 15) is 18.5 Å². The summed E-state index contributed by atoms with van der Waals surface area (Å²) in [7, 11) is -3.76. The molecular weight excluding hydrogens is 342 g/mol. The molecule has 130 valence electrons. The van der Waals surface area contributed by atoms with Gasteiger partial charge in [-0.05, 0) is 43.8 Å². The van der Waals surface area contributed by atoms with E-state index in [0.717, 1.165) is 32.0 Å². The number of rotatable bonds is 5. The van der Waals surface area contributed by atoms with Crippen LogP contribution in [0, 0.1) is 22.5 Å². The van der Waals surface area contributed by atoms with Gasteiger partial charge < -0.3 is 5.32 Å². The number of nitro groups is 1. The minimum Gasteiger partial charge on any atom is -0.317 e. The zero-order valence-electron chi connectivity index (χ0n) is 13.2. The Morgan fingerprint density at radius 3 is 2.52 bits per heavy atom. The fourth-order valence-electron chi connectivity index (χ4n) is 2.55. The number of aryl methyl sites for hydroxylation is 1. The summed E-state index contributed by atoms with van der Waals surface area (Å²) in [6.45, 7) is 5.75. The van der Waals surface area contributed by atoms with Gasteiger partial charge >= 0.3 is 0 Å². The van der Waals surface area contributed by atoms with Gasteiger partial charge in [0.05, 0.1) is 9.82 Å². The Bertz CT molecular complexity index is 673. The van der Waals surface area contributed by atoms with Crippen LogP contribution in [-0.4, -0.2) is 33.0 Å². The molecule has 1 aliphatic rings. The number of nitrogens with zero attached hydrogens (tertiary/aromatic N) is 1. The zero-order valence-corrected chi connectivity index (χ0v) is 14.8. The third-order valence-corrected chi connectivity index (χ3v) is 5.71. The van der Waals surface area contributed by atoms with E-state index in [0.29, 0.717) is 12.1 Å². The third kappa shape index (κ3) is 4.87. The zero-order chi connectivity index (χ0) is 16.4. The van der Waals surface area contributed by atoms with Crippen LogP contribution in [0.2, 0.25) is 0 Å². The van der Waals surface area contributed by atoms with Crippen molar-refractivity contribution in [2.24, 2.45) is 5.41 Å². The molecule has 0 saturated carbocycles. The first kappa shape index (κ1) is 19.8. The lowest BCUT2D eigenvalue weighted by Gasteiger charge is -2.34. The van der Waals surface area contributed by atoms with Gasteiger partial charge in [0.2, 0.25) is 10.0 Å². The van der Waals surface area contributed by atoms with Crippen LogP contribution in [0.5, 0.6) is 0 Å². The number of piperidine rings is 1. The molecule has 2 rings (SSSR count). The van der Waals surface area contributed by atoms with E-state index in [-0.39, 0.29) is 28.4 Å². The molecule has 0 amide bonds. The second kappa shape index (κ2) is 7.57. The molecule has 7 nitrogen and oxygen atoms in total. The number of nitrogens with one attached hydrogen (secondary N) is 2. The Labute approximate surface area is 142 Å². The van der Waals surface area contributed by atoms with E-state index >= 15 is 0 Å². The normalized spacial score (nSPS) is 17.3. The number of sulfonamides is 1. The van der Waals surface area contributed by atoms with Crippen molar-refractivity contribution < 1.29 is 13.3 Å². The molecular formula is C14H22ClN3O4S. The number of non-ortho nitro benzene ring substituents is 1. The van der Waals surface area contributed by atoms with Gasteiger partial charge in [-0.25, -0.2) is 13.1 Å². The highest BCUT2D eigenvalue weighted by atomic mass is 35.5. The molecule has 0 spiro atoms. The van der Waals surface area contributed by atoms with Gasteiger partial charge in [-0.15, -0.1) is 12.4 Å². The molecule has 9 heteroatoms. The fraction of sp³-hybridized carbons (Fsp3) is 0.571. The van der Waals surface area contributed by atoms with Gasteiger partial charge in [-0.3, -0.25) is 10.1 Å². The minimum atomic E-state index is -3.76. The van der Waals surface area contributed by atoms with E-state index in [2.05, 4.69) is 17.0 Å². The van der Waals surface area contributed by atoms with E-state index in [1.54, 1.807) is 6.92 Å². The quantitative estimate of drug-likeness (QED) is 0.615.